The summed E-state index contributed by atoms with van der Waals surface area (Å²) in [5.41, 5.74) is 1.65. The van der Waals surface area contributed by atoms with Gasteiger partial charge in [0.05, 0.1) is 16.2 Å². The van der Waals surface area contributed by atoms with Crippen LogP contribution in [0.15, 0.2) is 48.8 Å². The number of fused-ring (bicyclic) bond motifs is 1. The third-order valence-electron chi connectivity index (χ3n) is 2.95. The summed E-state index contributed by atoms with van der Waals surface area (Å²) in [4.78, 5) is 20.4. The number of rotatable bonds is 2. The fourth-order valence-corrected chi connectivity index (χ4v) is 2.37. The average molecular weight is 318 g/mol. The number of nitrogens with zero attached hydrogens (tertiary/aromatic N) is 2. The molecule has 3 aromatic rings. The summed E-state index contributed by atoms with van der Waals surface area (Å²) in [5, 5.41) is 4.44. The summed E-state index contributed by atoms with van der Waals surface area (Å²) in [6.45, 7) is 0. The fourth-order valence-electron chi connectivity index (χ4n) is 1.98. The minimum Gasteiger partial charge on any atom is -0.320 e. The van der Waals surface area contributed by atoms with Crippen LogP contribution in [-0.2, 0) is 0 Å². The van der Waals surface area contributed by atoms with Crippen molar-refractivity contribution in [1.82, 2.24) is 9.97 Å². The Hall–Kier alpha value is -2.17. The molecule has 6 heteroatoms. The molecule has 0 radical (unpaired) electrons. The van der Waals surface area contributed by atoms with Gasteiger partial charge in [0, 0.05) is 23.3 Å². The van der Waals surface area contributed by atoms with Gasteiger partial charge in [-0.05, 0) is 36.4 Å². The van der Waals surface area contributed by atoms with E-state index in [0.717, 1.165) is 5.39 Å². The first-order chi connectivity index (χ1) is 10.1. The first-order valence-corrected chi connectivity index (χ1v) is 6.87. The number of aromatic nitrogens is 2. The van der Waals surface area contributed by atoms with E-state index in [2.05, 4.69) is 15.3 Å². The van der Waals surface area contributed by atoms with Crippen LogP contribution in [0.4, 0.5) is 5.69 Å². The average Bonchev–Trinajstić information content (AvgIpc) is 2.50. The summed E-state index contributed by atoms with van der Waals surface area (Å²) in [7, 11) is 0. The Balaban J connectivity index is 1.99. The molecule has 2 aromatic heterocycles. The highest BCUT2D eigenvalue weighted by Gasteiger charge is 2.11. The predicted molar refractivity (Wildman–Crippen MR) is 84.0 cm³/mol. The third kappa shape index (κ3) is 2.82. The SMILES string of the molecule is O=C(Nc1ccc(Cl)c2cccnc12)c1ccnc(Cl)c1. The van der Waals surface area contributed by atoms with Crippen LogP contribution in [0.1, 0.15) is 10.4 Å². The van der Waals surface area contributed by atoms with Gasteiger partial charge in [-0.25, -0.2) is 4.98 Å². The Morgan fingerprint density at radius 1 is 1.05 bits per heavy atom. The second kappa shape index (κ2) is 5.68. The highest BCUT2D eigenvalue weighted by Crippen LogP contribution is 2.28. The summed E-state index contributed by atoms with van der Waals surface area (Å²) in [6.07, 6.45) is 3.13. The van der Waals surface area contributed by atoms with E-state index < -0.39 is 0 Å². The van der Waals surface area contributed by atoms with E-state index in [0.29, 0.717) is 21.8 Å². The molecule has 104 valence electrons. The number of halogens is 2. The van der Waals surface area contributed by atoms with E-state index >= 15 is 0 Å². The van der Waals surface area contributed by atoms with Crippen molar-refractivity contribution in [2.24, 2.45) is 0 Å². The zero-order chi connectivity index (χ0) is 14.8. The molecule has 0 saturated heterocycles. The van der Waals surface area contributed by atoms with Gasteiger partial charge in [-0.3, -0.25) is 9.78 Å². The van der Waals surface area contributed by atoms with Crippen LogP contribution in [0.2, 0.25) is 10.2 Å². The van der Waals surface area contributed by atoms with Crippen molar-refractivity contribution in [3.63, 3.8) is 0 Å². The molecule has 1 amide bonds. The first kappa shape index (κ1) is 13.8. The van der Waals surface area contributed by atoms with Crippen molar-refractivity contribution in [1.29, 1.82) is 0 Å². The maximum Gasteiger partial charge on any atom is 0.255 e. The van der Waals surface area contributed by atoms with Crippen LogP contribution in [-0.4, -0.2) is 15.9 Å². The van der Waals surface area contributed by atoms with Crippen LogP contribution in [0.3, 0.4) is 0 Å². The summed E-state index contributed by atoms with van der Waals surface area (Å²) < 4.78 is 0. The van der Waals surface area contributed by atoms with Gasteiger partial charge in [0.2, 0.25) is 0 Å². The Morgan fingerprint density at radius 3 is 2.71 bits per heavy atom. The van der Waals surface area contributed by atoms with Crippen LogP contribution in [0.25, 0.3) is 10.9 Å². The number of anilines is 1. The smallest absolute Gasteiger partial charge is 0.255 e. The van der Waals surface area contributed by atoms with E-state index in [4.69, 9.17) is 23.2 Å². The number of nitrogens with one attached hydrogen (secondary N) is 1. The molecule has 0 saturated carbocycles. The lowest BCUT2D eigenvalue weighted by molar-refractivity contribution is 0.102. The fraction of sp³-hybridized carbons (Fsp3) is 0. The lowest BCUT2D eigenvalue weighted by atomic mass is 10.1. The van der Waals surface area contributed by atoms with Gasteiger partial charge in [-0.15, -0.1) is 0 Å². The maximum absolute atomic E-state index is 12.2. The molecule has 0 fully saturated rings. The van der Waals surface area contributed by atoms with Crippen LogP contribution in [0.5, 0.6) is 0 Å². The van der Waals surface area contributed by atoms with Crippen LogP contribution in [0, 0.1) is 0 Å². The predicted octanol–water partition coefficient (Wildman–Crippen LogP) is 4.19. The lowest BCUT2D eigenvalue weighted by Gasteiger charge is -2.09. The normalized spacial score (nSPS) is 10.6. The molecule has 21 heavy (non-hydrogen) atoms. The number of carbonyl (C=O) groups excluding carboxylic acids is 1. The van der Waals surface area contributed by atoms with E-state index in [9.17, 15) is 4.79 Å². The monoisotopic (exact) mass is 317 g/mol. The highest BCUT2D eigenvalue weighted by atomic mass is 35.5. The zero-order valence-electron chi connectivity index (χ0n) is 10.7. The van der Waals surface area contributed by atoms with Gasteiger partial charge in [-0.2, -0.15) is 0 Å². The van der Waals surface area contributed by atoms with Gasteiger partial charge < -0.3 is 5.32 Å². The maximum atomic E-state index is 12.2. The summed E-state index contributed by atoms with van der Waals surface area (Å²) in [5.74, 6) is -0.284. The molecule has 0 bridgehead atoms. The Morgan fingerprint density at radius 2 is 1.90 bits per heavy atom. The Kier molecular flexibility index (Phi) is 3.73. The topological polar surface area (TPSA) is 54.9 Å². The minimum absolute atomic E-state index is 0.265. The van der Waals surface area contributed by atoms with E-state index in [1.165, 1.54) is 12.3 Å². The molecule has 3 rings (SSSR count). The second-order valence-electron chi connectivity index (χ2n) is 4.32. The summed E-state index contributed by atoms with van der Waals surface area (Å²) in [6, 6.07) is 10.2. The molecule has 1 aromatic carbocycles. The van der Waals surface area contributed by atoms with E-state index in [1.54, 1.807) is 30.5 Å². The molecule has 4 nitrogen and oxygen atoms in total. The van der Waals surface area contributed by atoms with Crippen molar-refractivity contribution in [2.45, 2.75) is 0 Å². The number of hydrogen-bond acceptors (Lipinski definition) is 3. The standard InChI is InChI=1S/C15H9Cl2N3O/c16-11-3-4-12(14-10(11)2-1-6-19-14)20-15(21)9-5-7-18-13(17)8-9/h1-8H,(H,20,21). The van der Waals surface area contributed by atoms with Gasteiger partial charge >= 0.3 is 0 Å². The lowest BCUT2D eigenvalue weighted by Crippen LogP contribution is -2.12. The van der Waals surface area contributed by atoms with Crippen molar-refractivity contribution in [2.75, 3.05) is 5.32 Å². The van der Waals surface area contributed by atoms with Crippen molar-refractivity contribution in [3.8, 4) is 0 Å². The molecular formula is C15H9Cl2N3O. The molecule has 0 spiro atoms. The van der Waals surface area contributed by atoms with Crippen molar-refractivity contribution in [3.05, 3.63) is 64.5 Å². The van der Waals surface area contributed by atoms with Crippen molar-refractivity contribution >= 4 is 45.7 Å². The van der Waals surface area contributed by atoms with Crippen LogP contribution < -0.4 is 5.32 Å². The zero-order valence-corrected chi connectivity index (χ0v) is 12.2. The molecule has 0 aliphatic heterocycles. The van der Waals surface area contributed by atoms with Gasteiger partial charge in [0.1, 0.15) is 5.15 Å². The minimum atomic E-state index is -0.284. The van der Waals surface area contributed by atoms with E-state index in [1.807, 2.05) is 6.07 Å². The summed E-state index contributed by atoms with van der Waals surface area (Å²) >= 11 is 11.9. The third-order valence-corrected chi connectivity index (χ3v) is 3.49. The largest absolute Gasteiger partial charge is 0.320 e. The number of benzene rings is 1. The number of carbonyl (C=O) groups is 1. The molecule has 0 unspecified atom stereocenters. The number of hydrogen-bond donors (Lipinski definition) is 1. The molecule has 0 aliphatic rings. The highest BCUT2D eigenvalue weighted by molar-refractivity contribution is 6.36. The quantitative estimate of drug-likeness (QED) is 0.721. The first-order valence-electron chi connectivity index (χ1n) is 6.11. The van der Waals surface area contributed by atoms with E-state index in [-0.39, 0.29) is 11.1 Å². The molecule has 0 atom stereocenters. The molecular weight excluding hydrogens is 309 g/mol. The van der Waals surface area contributed by atoms with Crippen LogP contribution >= 0.6 is 23.2 Å². The molecule has 2 heterocycles. The van der Waals surface area contributed by atoms with Gasteiger partial charge in [0.25, 0.3) is 5.91 Å². The molecule has 1 N–H and O–H groups in total. The Labute approximate surface area is 130 Å². The second-order valence-corrected chi connectivity index (χ2v) is 5.11. The molecule has 0 aliphatic carbocycles. The Bertz CT molecular complexity index is 836. The van der Waals surface area contributed by atoms with Gasteiger partial charge in [-0.1, -0.05) is 23.2 Å². The van der Waals surface area contributed by atoms with Crippen molar-refractivity contribution < 1.29 is 4.79 Å². The number of pyridine rings is 2. The number of amides is 1. The van der Waals surface area contributed by atoms with Gasteiger partial charge in [0.15, 0.2) is 0 Å².